The highest BCUT2D eigenvalue weighted by atomic mass is 19.1. The molecule has 1 atom stereocenters. The van der Waals surface area contributed by atoms with Crippen LogP contribution in [-0.4, -0.2) is 67.0 Å². The van der Waals surface area contributed by atoms with Crippen molar-refractivity contribution in [3.05, 3.63) is 35.6 Å². The molecule has 2 heterocycles. The normalized spacial score (nSPS) is 22.3. The van der Waals surface area contributed by atoms with Crippen molar-refractivity contribution >= 4 is 11.8 Å². The van der Waals surface area contributed by atoms with Gasteiger partial charge in [0.05, 0.1) is 25.7 Å². The molecule has 130 valence electrons. The molecule has 1 unspecified atom stereocenters. The van der Waals surface area contributed by atoms with Crippen LogP contribution >= 0.6 is 0 Å². The highest BCUT2D eigenvalue weighted by Crippen LogP contribution is 2.16. The minimum absolute atomic E-state index is 0.0374. The summed E-state index contributed by atoms with van der Waals surface area (Å²) < 4.78 is 18.6. The van der Waals surface area contributed by atoms with Gasteiger partial charge in [0, 0.05) is 32.7 Å². The Morgan fingerprint density at radius 3 is 2.83 bits per heavy atom. The Morgan fingerprint density at radius 2 is 2.08 bits per heavy atom. The van der Waals surface area contributed by atoms with Crippen LogP contribution in [0.25, 0.3) is 0 Å². The molecule has 1 aromatic rings. The van der Waals surface area contributed by atoms with E-state index in [2.05, 4.69) is 5.32 Å². The molecule has 1 N–H and O–H groups in total. The Balaban J connectivity index is 1.67. The lowest BCUT2D eigenvalue weighted by molar-refractivity contribution is -0.141. The predicted octanol–water partition coefficient (Wildman–Crippen LogP) is 0.375. The van der Waals surface area contributed by atoms with Gasteiger partial charge in [0.1, 0.15) is 5.82 Å². The third-order valence-electron chi connectivity index (χ3n) is 4.45. The van der Waals surface area contributed by atoms with Crippen LogP contribution in [0.2, 0.25) is 0 Å². The fraction of sp³-hybridized carbons (Fsp3) is 0.529. The van der Waals surface area contributed by atoms with Gasteiger partial charge in [-0.05, 0) is 17.7 Å². The van der Waals surface area contributed by atoms with E-state index in [0.717, 1.165) is 5.56 Å². The molecule has 3 rings (SSSR count). The van der Waals surface area contributed by atoms with Crippen molar-refractivity contribution < 1.29 is 18.7 Å². The van der Waals surface area contributed by atoms with Gasteiger partial charge in [-0.25, -0.2) is 4.39 Å². The maximum Gasteiger partial charge on any atom is 0.237 e. The zero-order chi connectivity index (χ0) is 16.9. The van der Waals surface area contributed by atoms with Crippen LogP contribution in [0.15, 0.2) is 24.3 Å². The Kier molecular flexibility index (Phi) is 5.42. The van der Waals surface area contributed by atoms with E-state index in [-0.39, 0.29) is 24.1 Å². The van der Waals surface area contributed by atoms with Crippen molar-refractivity contribution in [3.8, 4) is 0 Å². The van der Waals surface area contributed by atoms with Crippen LogP contribution in [0.3, 0.4) is 0 Å². The fourth-order valence-electron chi connectivity index (χ4n) is 3.15. The van der Waals surface area contributed by atoms with E-state index in [0.29, 0.717) is 45.9 Å². The number of rotatable bonds is 4. The third kappa shape index (κ3) is 4.10. The number of amides is 2. The summed E-state index contributed by atoms with van der Waals surface area (Å²) >= 11 is 0. The maximum absolute atomic E-state index is 13.4. The average molecular weight is 335 g/mol. The number of hydrogen-bond acceptors (Lipinski definition) is 4. The summed E-state index contributed by atoms with van der Waals surface area (Å²) in [5.41, 5.74) is 0.800. The van der Waals surface area contributed by atoms with Crippen LogP contribution in [0.4, 0.5) is 4.39 Å². The zero-order valence-corrected chi connectivity index (χ0v) is 13.5. The lowest BCUT2D eigenvalue weighted by Gasteiger charge is -2.36. The van der Waals surface area contributed by atoms with Crippen molar-refractivity contribution in [1.29, 1.82) is 0 Å². The summed E-state index contributed by atoms with van der Waals surface area (Å²) in [5, 5.41) is 2.82. The molecule has 0 saturated carbocycles. The van der Waals surface area contributed by atoms with E-state index in [4.69, 9.17) is 4.74 Å². The number of hydrogen-bond donors (Lipinski definition) is 1. The number of carbonyl (C=O) groups excluding carboxylic acids is 2. The van der Waals surface area contributed by atoms with Gasteiger partial charge in [-0.15, -0.1) is 0 Å². The molecular formula is C17H22FN3O3. The summed E-state index contributed by atoms with van der Waals surface area (Å²) in [6.45, 7) is 3.84. The molecule has 2 aliphatic heterocycles. The number of benzene rings is 1. The zero-order valence-electron chi connectivity index (χ0n) is 13.5. The van der Waals surface area contributed by atoms with Crippen LogP contribution in [0.1, 0.15) is 12.0 Å². The number of ether oxygens (including phenoxy) is 1. The van der Waals surface area contributed by atoms with Crippen molar-refractivity contribution in [2.75, 3.05) is 39.4 Å². The molecule has 1 aromatic carbocycles. The monoisotopic (exact) mass is 335 g/mol. The van der Waals surface area contributed by atoms with E-state index in [1.807, 2.05) is 11.0 Å². The Bertz CT molecular complexity index is 604. The first kappa shape index (κ1) is 16.9. The first-order valence-corrected chi connectivity index (χ1v) is 8.25. The second-order valence-corrected chi connectivity index (χ2v) is 6.10. The molecule has 2 amide bonds. The van der Waals surface area contributed by atoms with Crippen molar-refractivity contribution in [2.45, 2.75) is 19.0 Å². The topological polar surface area (TPSA) is 61.9 Å². The number of nitrogens with zero attached hydrogens (tertiary/aromatic N) is 2. The van der Waals surface area contributed by atoms with Gasteiger partial charge in [0.25, 0.3) is 0 Å². The summed E-state index contributed by atoms with van der Waals surface area (Å²) in [6.07, 6.45) is 0.140. The van der Waals surface area contributed by atoms with E-state index >= 15 is 0 Å². The molecule has 2 fully saturated rings. The van der Waals surface area contributed by atoms with Crippen molar-refractivity contribution in [1.82, 2.24) is 15.1 Å². The number of carbonyl (C=O) groups is 2. The number of nitrogens with one attached hydrogen (secondary N) is 1. The molecule has 2 aliphatic rings. The molecule has 0 aliphatic carbocycles. The number of halogens is 1. The van der Waals surface area contributed by atoms with Crippen LogP contribution in [0.5, 0.6) is 0 Å². The van der Waals surface area contributed by atoms with Gasteiger partial charge in [0.15, 0.2) is 0 Å². The quantitative estimate of drug-likeness (QED) is 0.864. The molecule has 0 bridgehead atoms. The summed E-state index contributed by atoms with van der Waals surface area (Å²) in [4.78, 5) is 28.4. The second kappa shape index (κ2) is 7.72. The largest absolute Gasteiger partial charge is 0.378 e. The van der Waals surface area contributed by atoms with E-state index in [1.54, 1.807) is 11.0 Å². The summed E-state index contributed by atoms with van der Waals surface area (Å²) in [5.74, 6) is -0.473. The minimum Gasteiger partial charge on any atom is -0.378 e. The van der Waals surface area contributed by atoms with Crippen LogP contribution in [0, 0.1) is 5.82 Å². The molecule has 6 nitrogen and oxygen atoms in total. The molecule has 7 heteroatoms. The van der Waals surface area contributed by atoms with Gasteiger partial charge in [-0.1, -0.05) is 12.1 Å². The molecular weight excluding hydrogens is 313 g/mol. The number of morpholine rings is 1. The second-order valence-electron chi connectivity index (χ2n) is 6.10. The standard InChI is InChI=1S/C17H22FN3O3/c18-14-3-1-2-13(10-14)12-21-5-4-19-17(23)15(21)11-16(22)20-6-8-24-9-7-20/h1-3,10,15H,4-9,11-12H2,(H,19,23). The molecule has 2 saturated heterocycles. The first-order valence-electron chi connectivity index (χ1n) is 8.25. The fourth-order valence-corrected chi connectivity index (χ4v) is 3.15. The molecule has 0 radical (unpaired) electrons. The number of piperazine rings is 1. The molecule has 0 aromatic heterocycles. The highest BCUT2D eigenvalue weighted by Gasteiger charge is 2.33. The Morgan fingerprint density at radius 1 is 1.29 bits per heavy atom. The van der Waals surface area contributed by atoms with Crippen molar-refractivity contribution in [2.24, 2.45) is 0 Å². The third-order valence-corrected chi connectivity index (χ3v) is 4.45. The van der Waals surface area contributed by atoms with Gasteiger partial charge >= 0.3 is 0 Å². The van der Waals surface area contributed by atoms with E-state index in [9.17, 15) is 14.0 Å². The molecule has 0 spiro atoms. The Hall–Kier alpha value is -1.99. The highest BCUT2D eigenvalue weighted by molar-refractivity contribution is 5.88. The van der Waals surface area contributed by atoms with Gasteiger partial charge < -0.3 is 15.0 Å². The summed E-state index contributed by atoms with van der Waals surface area (Å²) in [7, 11) is 0. The van der Waals surface area contributed by atoms with Crippen molar-refractivity contribution in [3.63, 3.8) is 0 Å². The van der Waals surface area contributed by atoms with E-state index in [1.165, 1.54) is 12.1 Å². The van der Waals surface area contributed by atoms with E-state index < -0.39 is 6.04 Å². The van der Waals surface area contributed by atoms with Gasteiger partial charge in [-0.2, -0.15) is 0 Å². The predicted molar refractivity (Wildman–Crippen MR) is 85.6 cm³/mol. The summed E-state index contributed by atoms with van der Waals surface area (Å²) in [6, 6.07) is 5.83. The van der Waals surface area contributed by atoms with Gasteiger partial charge in [0.2, 0.25) is 11.8 Å². The van der Waals surface area contributed by atoms with Crippen LogP contribution in [-0.2, 0) is 20.9 Å². The lowest BCUT2D eigenvalue weighted by Crippen LogP contribution is -2.56. The maximum atomic E-state index is 13.4. The average Bonchev–Trinajstić information content (AvgIpc) is 2.59. The Labute approximate surface area is 140 Å². The smallest absolute Gasteiger partial charge is 0.237 e. The SMILES string of the molecule is O=C1NCCN(Cc2cccc(F)c2)C1CC(=O)N1CCOCC1. The minimum atomic E-state index is -0.516. The van der Waals surface area contributed by atoms with Gasteiger partial charge in [-0.3, -0.25) is 14.5 Å². The first-order chi connectivity index (χ1) is 11.6. The molecule has 24 heavy (non-hydrogen) atoms. The lowest BCUT2D eigenvalue weighted by atomic mass is 10.1. The van der Waals surface area contributed by atoms with Crippen LogP contribution < -0.4 is 5.32 Å².